The smallest absolute Gasteiger partial charge is 0.257 e. The summed E-state index contributed by atoms with van der Waals surface area (Å²) in [5, 5.41) is 8.40. The molecule has 2 amide bonds. The second-order valence-corrected chi connectivity index (χ2v) is 7.69. The molecule has 2 aromatic carbocycles. The first-order chi connectivity index (χ1) is 13.2. The SMILES string of the molecule is C=CCNC(=O)c1ccccc1NC(=S)NC(=O)c1ccc(C(C)(C)C)cc1. The maximum atomic E-state index is 12.4. The third kappa shape index (κ3) is 5.76. The standard InChI is InChI=1S/C22H25N3O2S/c1-5-14-23-20(27)17-8-6-7-9-18(17)24-21(28)25-19(26)15-10-12-16(13-11-15)22(2,3)4/h5-13H,1,14H2,2-4H3,(H,23,27)(H2,24,25,26,28). The van der Waals surface area contributed by atoms with Gasteiger partial charge in [-0.1, -0.05) is 51.1 Å². The van der Waals surface area contributed by atoms with E-state index in [4.69, 9.17) is 12.2 Å². The second-order valence-electron chi connectivity index (χ2n) is 7.28. The molecular formula is C22H25N3O2S. The predicted octanol–water partition coefficient (Wildman–Crippen LogP) is 4.03. The van der Waals surface area contributed by atoms with Gasteiger partial charge in [0.2, 0.25) is 0 Å². The zero-order valence-corrected chi connectivity index (χ0v) is 17.2. The molecule has 0 heterocycles. The van der Waals surface area contributed by atoms with E-state index in [-0.39, 0.29) is 22.3 Å². The first kappa shape index (κ1) is 21.3. The summed E-state index contributed by atoms with van der Waals surface area (Å²) in [6.45, 7) is 10.3. The zero-order chi connectivity index (χ0) is 20.7. The minimum Gasteiger partial charge on any atom is -0.349 e. The molecule has 6 heteroatoms. The van der Waals surface area contributed by atoms with Crippen LogP contribution in [0.5, 0.6) is 0 Å². The van der Waals surface area contributed by atoms with Crippen molar-refractivity contribution in [1.29, 1.82) is 0 Å². The second kappa shape index (κ2) is 9.28. The molecule has 0 bridgehead atoms. The van der Waals surface area contributed by atoms with E-state index >= 15 is 0 Å². The Hall–Kier alpha value is -2.99. The van der Waals surface area contributed by atoms with E-state index < -0.39 is 0 Å². The van der Waals surface area contributed by atoms with Gasteiger partial charge in [-0.2, -0.15) is 0 Å². The van der Waals surface area contributed by atoms with Crippen LogP contribution >= 0.6 is 12.2 Å². The van der Waals surface area contributed by atoms with Crippen LogP contribution in [0.1, 0.15) is 47.1 Å². The van der Waals surface area contributed by atoms with Crippen molar-refractivity contribution in [3.63, 3.8) is 0 Å². The molecule has 0 fully saturated rings. The van der Waals surface area contributed by atoms with Gasteiger partial charge in [0.25, 0.3) is 11.8 Å². The van der Waals surface area contributed by atoms with Crippen molar-refractivity contribution < 1.29 is 9.59 Å². The molecule has 2 aromatic rings. The molecule has 0 aromatic heterocycles. The molecule has 0 saturated carbocycles. The van der Waals surface area contributed by atoms with E-state index in [0.717, 1.165) is 5.56 Å². The Labute approximate surface area is 171 Å². The molecule has 0 spiro atoms. The lowest BCUT2D eigenvalue weighted by atomic mass is 9.87. The number of thiocarbonyl (C=S) groups is 1. The zero-order valence-electron chi connectivity index (χ0n) is 16.3. The number of hydrogen-bond donors (Lipinski definition) is 3. The summed E-state index contributed by atoms with van der Waals surface area (Å²) < 4.78 is 0. The van der Waals surface area contributed by atoms with Crippen LogP contribution in [-0.2, 0) is 5.41 Å². The van der Waals surface area contributed by atoms with Crippen LogP contribution in [0.2, 0.25) is 0 Å². The van der Waals surface area contributed by atoms with E-state index in [9.17, 15) is 9.59 Å². The Morgan fingerprint density at radius 3 is 2.29 bits per heavy atom. The maximum Gasteiger partial charge on any atom is 0.257 e. The van der Waals surface area contributed by atoms with Crippen LogP contribution in [0.25, 0.3) is 0 Å². The highest BCUT2D eigenvalue weighted by atomic mass is 32.1. The van der Waals surface area contributed by atoms with E-state index in [2.05, 4.69) is 43.3 Å². The molecule has 0 atom stereocenters. The molecule has 0 unspecified atom stereocenters. The van der Waals surface area contributed by atoms with Gasteiger partial charge in [-0.25, -0.2) is 0 Å². The van der Waals surface area contributed by atoms with Gasteiger partial charge >= 0.3 is 0 Å². The predicted molar refractivity (Wildman–Crippen MR) is 118 cm³/mol. The third-order valence-corrected chi connectivity index (χ3v) is 4.27. The molecule has 0 aliphatic carbocycles. The van der Waals surface area contributed by atoms with Gasteiger partial charge in [0.05, 0.1) is 11.3 Å². The van der Waals surface area contributed by atoms with Gasteiger partial charge in [-0.15, -0.1) is 6.58 Å². The number of amides is 2. The van der Waals surface area contributed by atoms with Crippen molar-refractivity contribution >= 4 is 34.8 Å². The molecule has 2 rings (SSSR count). The Bertz CT molecular complexity index is 883. The number of rotatable bonds is 5. The van der Waals surface area contributed by atoms with Crippen molar-refractivity contribution in [2.24, 2.45) is 0 Å². The minimum atomic E-state index is -0.313. The van der Waals surface area contributed by atoms with Crippen LogP contribution < -0.4 is 16.0 Å². The number of carbonyl (C=O) groups excluding carboxylic acids is 2. The number of para-hydroxylation sites is 1. The number of nitrogens with one attached hydrogen (secondary N) is 3. The molecule has 0 radical (unpaired) electrons. The van der Waals surface area contributed by atoms with E-state index in [0.29, 0.717) is 23.4 Å². The number of anilines is 1. The van der Waals surface area contributed by atoms with Crippen LogP contribution in [-0.4, -0.2) is 23.5 Å². The summed E-state index contributed by atoms with van der Waals surface area (Å²) in [5.41, 5.74) is 2.60. The van der Waals surface area contributed by atoms with Gasteiger partial charge in [-0.05, 0) is 47.5 Å². The van der Waals surface area contributed by atoms with Gasteiger partial charge in [0, 0.05) is 12.1 Å². The van der Waals surface area contributed by atoms with E-state index in [1.807, 2.05) is 12.1 Å². The average molecular weight is 396 g/mol. The van der Waals surface area contributed by atoms with Gasteiger partial charge in [-0.3, -0.25) is 14.9 Å². The molecule has 3 N–H and O–H groups in total. The largest absolute Gasteiger partial charge is 0.349 e. The minimum absolute atomic E-state index is 0.0156. The van der Waals surface area contributed by atoms with Crippen molar-refractivity contribution in [2.45, 2.75) is 26.2 Å². The molecule has 5 nitrogen and oxygen atoms in total. The van der Waals surface area contributed by atoms with Crippen LogP contribution in [0, 0.1) is 0 Å². The lowest BCUT2D eigenvalue weighted by Gasteiger charge is -2.19. The van der Waals surface area contributed by atoms with Crippen LogP contribution in [0.4, 0.5) is 5.69 Å². The normalized spacial score (nSPS) is 10.7. The lowest BCUT2D eigenvalue weighted by Crippen LogP contribution is -2.35. The monoisotopic (exact) mass is 395 g/mol. The van der Waals surface area contributed by atoms with Crippen molar-refractivity contribution in [3.8, 4) is 0 Å². The number of carbonyl (C=O) groups is 2. The Kier molecular flexibility index (Phi) is 7.06. The van der Waals surface area contributed by atoms with Gasteiger partial charge in [0.1, 0.15) is 0 Å². The molecular weight excluding hydrogens is 370 g/mol. The summed E-state index contributed by atoms with van der Waals surface area (Å²) in [4.78, 5) is 24.7. The van der Waals surface area contributed by atoms with Crippen molar-refractivity contribution in [2.75, 3.05) is 11.9 Å². The van der Waals surface area contributed by atoms with Gasteiger partial charge in [0.15, 0.2) is 5.11 Å². The molecule has 146 valence electrons. The van der Waals surface area contributed by atoms with E-state index in [1.54, 1.807) is 42.5 Å². The summed E-state index contributed by atoms with van der Waals surface area (Å²) in [6.07, 6.45) is 1.60. The van der Waals surface area contributed by atoms with Crippen LogP contribution in [0.3, 0.4) is 0 Å². The fraction of sp³-hybridized carbons (Fsp3) is 0.227. The summed E-state index contributed by atoms with van der Waals surface area (Å²) in [7, 11) is 0. The summed E-state index contributed by atoms with van der Waals surface area (Å²) in [6, 6.07) is 14.4. The molecule has 0 aliphatic heterocycles. The van der Waals surface area contributed by atoms with Crippen molar-refractivity contribution in [1.82, 2.24) is 10.6 Å². The quantitative estimate of drug-likeness (QED) is 0.528. The Morgan fingerprint density at radius 1 is 1.04 bits per heavy atom. The highest BCUT2D eigenvalue weighted by Crippen LogP contribution is 2.22. The summed E-state index contributed by atoms with van der Waals surface area (Å²) in [5.74, 6) is -0.568. The fourth-order valence-corrected chi connectivity index (χ4v) is 2.70. The average Bonchev–Trinajstić information content (AvgIpc) is 2.65. The first-order valence-electron chi connectivity index (χ1n) is 8.93. The Balaban J connectivity index is 2.05. The topological polar surface area (TPSA) is 70.2 Å². The molecule has 0 saturated heterocycles. The molecule has 28 heavy (non-hydrogen) atoms. The fourth-order valence-electron chi connectivity index (χ4n) is 2.50. The van der Waals surface area contributed by atoms with E-state index in [1.165, 1.54) is 0 Å². The van der Waals surface area contributed by atoms with Crippen LogP contribution in [0.15, 0.2) is 61.2 Å². The van der Waals surface area contributed by atoms with Crippen molar-refractivity contribution in [3.05, 3.63) is 77.9 Å². The maximum absolute atomic E-state index is 12.4. The lowest BCUT2D eigenvalue weighted by molar-refractivity contribution is 0.0956. The van der Waals surface area contributed by atoms with Gasteiger partial charge < -0.3 is 10.6 Å². The summed E-state index contributed by atoms with van der Waals surface area (Å²) >= 11 is 5.24. The third-order valence-electron chi connectivity index (χ3n) is 4.07. The molecule has 0 aliphatic rings. The first-order valence-corrected chi connectivity index (χ1v) is 9.34. The highest BCUT2D eigenvalue weighted by Gasteiger charge is 2.16. The number of benzene rings is 2. The number of hydrogen-bond acceptors (Lipinski definition) is 3. The highest BCUT2D eigenvalue weighted by molar-refractivity contribution is 7.80. The Morgan fingerprint density at radius 2 is 1.68 bits per heavy atom.